The summed E-state index contributed by atoms with van der Waals surface area (Å²) in [6, 6.07) is 7.21. The van der Waals surface area contributed by atoms with E-state index in [1.807, 2.05) is 12.1 Å². The Balaban J connectivity index is 2.13. The number of halogens is 1. The first-order valence-corrected chi connectivity index (χ1v) is 7.55. The summed E-state index contributed by atoms with van der Waals surface area (Å²) in [5, 5.41) is 0.614. The second-order valence-corrected chi connectivity index (χ2v) is 5.85. The highest BCUT2D eigenvalue weighted by Gasteiger charge is 2.40. The van der Waals surface area contributed by atoms with Crippen molar-refractivity contribution in [1.29, 1.82) is 0 Å². The topological polar surface area (TPSA) is 35.5 Å². The van der Waals surface area contributed by atoms with Gasteiger partial charge in [0.25, 0.3) is 5.79 Å². The number of ether oxygens (including phenoxy) is 2. The molecule has 0 bridgehead atoms. The number of carbonyl (C=O) groups is 1. The zero-order chi connectivity index (χ0) is 14.6. The fourth-order valence-corrected chi connectivity index (χ4v) is 2.94. The SMILES string of the molecule is CCC1CCC(OC(C)=O)(Oc2cccc(Cl)c2)CC1. The molecule has 2 rings (SSSR count). The van der Waals surface area contributed by atoms with Crippen LogP contribution in [0, 0.1) is 5.92 Å². The minimum atomic E-state index is -0.831. The van der Waals surface area contributed by atoms with Gasteiger partial charge >= 0.3 is 5.97 Å². The molecule has 1 saturated carbocycles. The Morgan fingerprint density at radius 2 is 2.10 bits per heavy atom. The van der Waals surface area contributed by atoms with Crippen LogP contribution in [0.2, 0.25) is 5.02 Å². The van der Waals surface area contributed by atoms with Crippen LogP contribution in [0.1, 0.15) is 46.0 Å². The first-order valence-electron chi connectivity index (χ1n) is 7.17. The number of carbonyl (C=O) groups excluding carboxylic acids is 1. The summed E-state index contributed by atoms with van der Waals surface area (Å²) in [6.07, 6.45) is 4.66. The average molecular weight is 297 g/mol. The van der Waals surface area contributed by atoms with E-state index in [2.05, 4.69) is 6.92 Å². The fourth-order valence-electron chi connectivity index (χ4n) is 2.76. The van der Waals surface area contributed by atoms with Crippen LogP contribution in [0.25, 0.3) is 0 Å². The molecule has 110 valence electrons. The number of rotatable bonds is 4. The Morgan fingerprint density at radius 1 is 1.40 bits per heavy atom. The molecule has 4 heteroatoms. The molecule has 0 N–H and O–H groups in total. The predicted octanol–water partition coefficient (Wildman–Crippen LogP) is 4.58. The molecule has 1 aliphatic carbocycles. The standard InChI is InChI=1S/C16H21ClO3/c1-3-13-7-9-16(10-8-13,19-12(2)18)20-15-6-4-5-14(17)11-15/h4-6,11,13H,3,7-10H2,1-2H3. The summed E-state index contributed by atoms with van der Waals surface area (Å²) in [6.45, 7) is 3.62. The van der Waals surface area contributed by atoms with E-state index in [0.29, 0.717) is 16.7 Å². The van der Waals surface area contributed by atoms with E-state index >= 15 is 0 Å². The predicted molar refractivity (Wildman–Crippen MR) is 78.8 cm³/mol. The summed E-state index contributed by atoms with van der Waals surface area (Å²) in [4.78, 5) is 11.4. The van der Waals surface area contributed by atoms with Gasteiger partial charge in [-0.05, 0) is 37.0 Å². The van der Waals surface area contributed by atoms with Gasteiger partial charge in [0.15, 0.2) is 0 Å². The summed E-state index contributed by atoms with van der Waals surface area (Å²) >= 11 is 5.97. The zero-order valence-corrected chi connectivity index (χ0v) is 12.8. The van der Waals surface area contributed by atoms with Gasteiger partial charge in [0.05, 0.1) is 0 Å². The summed E-state index contributed by atoms with van der Waals surface area (Å²) < 4.78 is 11.5. The van der Waals surface area contributed by atoms with Gasteiger partial charge in [-0.2, -0.15) is 0 Å². The van der Waals surface area contributed by atoms with Crippen LogP contribution in [0.5, 0.6) is 5.75 Å². The van der Waals surface area contributed by atoms with E-state index in [0.717, 1.165) is 32.1 Å². The van der Waals surface area contributed by atoms with Gasteiger partial charge in [0.1, 0.15) is 5.75 Å². The molecule has 0 heterocycles. The van der Waals surface area contributed by atoms with Crippen molar-refractivity contribution >= 4 is 17.6 Å². The second-order valence-electron chi connectivity index (χ2n) is 5.42. The first kappa shape index (κ1) is 15.2. The largest absolute Gasteiger partial charge is 0.452 e. The molecule has 0 radical (unpaired) electrons. The number of hydrogen-bond acceptors (Lipinski definition) is 3. The van der Waals surface area contributed by atoms with Crippen LogP contribution in [-0.2, 0) is 9.53 Å². The summed E-state index contributed by atoms with van der Waals surface area (Å²) in [5.74, 6) is 0.208. The molecule has 1 aliphatic rings. The summed E-state index contributed by atoms with van der Waals surface area (Å²) in [7, 11) is 0. The van der Waals surface area contributed by atoms with Gasteiger partial charge in [-0.25, -0.2) is 0 Å². The van der Waals surface area contributed by atoms with E-state index in [4.69, 9.17) is 21.1 Å². The third-order valence-corrected chi connectivity index (χ3v) is 4.11. The van der Waals surface area contributed by atoms with Gasteiger partial charge in [0.2, 0.25) is 0 Å². The first-order chi connectivity index (χ1) is 9.53. The molecule has 0 amide bonds. The molecule has 20 heavy (non-hydrogen) atoms. The van der Waals surface area contributed by atoms with Crippen LogP contribution in [0.15, 0.2) is 24.3 Å². The third kappa shape index (κ3) is 3.89. The van der Waals surface area contributed by atoms with Crippen molar-refractivity contribution in [2.45, 2.75) is 51.7 Å². The Labute approximate surface area is 125 Å². The van der Waals surface area contributed by atoms with Gasteiger partial charge < -0.3 is 9.47 Å². The summed E-state index contributed by atoms with van der Waals surface area (Å²) in [5.41, 5.74) is 0. The number of esters is 1. The van der Waals surface area contributed by atoms with Crippen molar-refractivity contribution in [3.05, 3.63) is 29.3 Å². The van der Waals surface area contributed by atoms with Gasteiger partial charge in [-0.1, -0.05) is 31.0 Å². The highest BCUT2D eigenvalue weighted by Crippen LogP contribution is 2.38. The maximum Gasteiger partial charge on any atom is 0.305 e. The monoisotopic (exact) mass is 296 g/mol. The molecule has 0 saturated heterocycles. The molecule has 0 unspecified atom stereocenters. The number of hydrogen-bond donors (Lipinski definition) is 0. The number of benzene rings is 1. The fraction of sp³-hybridized carbons (Fsp3) is 0.562. The van der Waals surface area contributed by atoms with Crippen LogP contribution in [0.4, 0.5) is 0 Å². The van der Waals surface area contributed by atoms with Crippen LogP contribution >= 0.6 is 11.6 Å². The average Bonchev–Trinajstić information content (AvgIpc) is 2.38. The second kappa shape index (κ2) is 6.49. The maximum atomic E-state index is 11.4. The lowest BCUT2D eigenvalue weighted by Gasteiger charge is -2.39. The highest BCUT2D eigenvalue weighted by molar-refractivity contribution is 6.30. The lowest BCUT2D eigenvalue weighted by atomic mass is 9.83. The maximum absolute atomic E-state index is 11.4. The molecule has 0 aromatic heterocycles. The molecular formula is C16H21ClO3. The van der Waals surface area contributed by atoms with E-state index in [1.54, 1.807) is 12.1 Å². The van der Waals surface area contributed by atoms with Crippen molar-refractivity contribution in [3.63, 3.8) is 0 Å². The third-order valence-electron chi connectivity index (χ3n) is 3.87. The Kier molecular flexibility index (Phi) is 4.92. The minimum absolute atomic E-state index is 0.304. The van der Waals surface area contributed by atoms with Crippen LogP contribution in [0.3, 0.4) is 0 Å². The Bertz CT molecular complexity index is 465. The molecule has 0 spiro atoms. The molecule has 3 nitrogen and oxygen atoms in total. The minimum Gasteiger partial charge on any atom is -0.452 e. The lowest BCUT2D eigenvalue weighted by molar-refractivity contribution is -0.209. The van der Waals surface area contributed by atoms with E-state index in [9.17, 15) is 4.79 Å². The van der Waals surface area contributed by atoms with Crippen LogP contribution < -0.4 is 4.74 Å². The molecule has 1 aromatic carbocycles. The Hall–Kier alpha value is -1.22. The van der Waals surface area contributed by atoms with E-state index in [1.165, 1.54) is 6.92 Å². The van der Waals surface area contributed by atoms with Crippen molar-refractivity contribution in [2.75, 3.05) is 0 Å². The molecule has 1 fully saturated rings. The van der Waals surface area contributed by atoms with Crippen LogP contribution in [-0.4, -0.2) is 11.8 Å². The molecule has 1 aromatic rings. The van der Waals surface area contributed by atoms with E-state index in [-0.39, 0.29) is 5.97 Å². The highest BCUT2D eigenvalue weighted by atomic mass is 35.5. The van der Waals surface area contributed by atoms with Gasteiger partial charge in [-0.3, -0.25) is 4.79 Å². The zero-order valence-electron chi connectivity index (χ0n) is 12.0. The smallest absolute Gasteiger partial charge is 0.305 e. The normalized spacial score (nSPS) is 26.1. The molecule has 0 atom stereocenters. The van der Waals surface area contributed by atoms with Crippen molar-refractivity contribution in [3.8, 4) is 5.75 Å². The van der Waals surface area contributed by atoms with Gasteiger partial charge in [0, 0.05) is 24.8 Å². The Morgan fingerprint density at radius 3 is 2.65 bits per heavy atom. The molecule has 0 aliphatic heterocycles. The quantitative estimate of drug-likeness (QED) is 0.603. The molecular weight excluding hydrogens is 276 g/mol. The van der Waals surface area contributed by atoms with Crippen molar-refractivity contribution in [2.24, 2.45) is 5.92 Å². The van der Waals surface area contributed by atoms with Gasteiger partial charge in [-0.15, -0.1) is 0 Å². The van der Waals surface area contributed by atoms with Crippen molar-refractivity contribution in [1.82, 2.24) is 0 Å². The lowest BCUT2D eigenvalue weighted by Crippen LogP contribution is -2.44. The van der Waals surface area contributed by atoms with E-state index < -0.39 is 5.79 Å². The van der Waals surface area contributed by atoms with Crippen molar-refractivity contribution < 1.29 is 14.3 Å².